The molecule has 0 radical (unpaired) electrons. The zero-order valence-electron chi connectivity index (χ0n) is 9.36. The van der Waals surface area contributed by atoms with E-state index in [1.807, 2.05) is 13.0 Å². The zero-order valence-corrected chi connectivity index (χ0v) is 10.3. The van der Waals surface area contributed by atoms with Crippen molar-refractivity contribution in [2.24, 2.45) is 5.41 Å². The Morgan fingerprint density at radius 3 is 2.94 bits per heavy atom. The number of pyridine rings is 1. The number of anilines is 1. The van der Waals surface area contributed by atoms with E-state index in [1.165, 1.54) is 0 Å². The van der Waals surface area contributed by atoms with Gasteiger partial charge in [0.15, 0.2) is 0 Å². The maximum Gasteiger partial charge on any atom is 0.225 e. The maximum atomic E-state index is 11.8. The van der Waals surface area contributed by atoms with E-state index in [2.05, 4.69) is 22.9 Å². The summed E-state index contributed by atoms with van der Waals surface area (Å²) in [6.07, 6.45) is 6.23. The van der Waals surface area contributed by atoms with Crippen LogP contribution in [0.5, 0.6) is 0 Å². The summed E-state index contributed by atoms with van der Waals surface area (Å²) < 4.78 is 0. The fourth-order valence-corrected chi connectivity index (χ4v) is 2.13. The van der Waals surface area contributed by atoms with Crippen molar-refractivity contribution in [3.63, 3.8) is 0 Å². The molecule has 1 aromatic rings. The van der Waals surface area contributed by atoms with E-state index in [0.717, 1.165) is 29.8 Å². The molecule has 3 nitrogen and oxygen atoms in total. The SMILES string of the molecule is Cc1ccncc1NC(=O)CC1(CS)CC1. The Morgan fingerprint density at radius 2 is 2.38 bits per heavy atom. The van der Waals surface area contributed by atoms with Gasteiger partial charge in [-0.2, -0.15) is 12.6 Å². The quantitative estimate of drug-likeness (QED) is 0.788. The highest BCUT2D eigenvalue weighted by atomic mass is 32.1. The number of nitrogens with one attached hydrogen (secondary N) is 1. The van der Waals surface area contributed by atoms with Gasteiger partial charge in [-0.25, -0.2) is 0 Å². The van der Waals surface area contributed by atoms with Crippen molar-refractivity contribution in [1.29, 1.82) is 0 Å². The lowest BCUT2D eigenvalue weighted by atomic mass is 10.1. The summed E-state index contributed by atoms with van der Waals surface area (Å²) in [6.45, 7) is 1.96. The van der Waals surface area contributed by atoms with E-state index in [4.69, 9.17) is 0 Å². The molecule has 0 atom stereocenters. The van der Waals surface area contributed by atoms with Crippen LogP contribution in [0.1, 0.15) is 24.8 Å². The molecule has 1 N–H and O–H groups in total. The molecule has 1 saturated carbocycles. The minimum absolute atomic E-state index is 0.0719. The number of aromatic nitrogens is 1. The molecule has 0 aliphatic heterocycles. The minimum Gasteiger partial charge on any atom is -0.324 e. The lowest BCUT2D eigenvalue weighted by Crippen LogP contribution is -2.18. The average Bonchev–Trinajstić information content (AvgIpc) is 3.02. The molecule has 0 unspecified atom stereocenters. The first kappa shape index (κ1) is 11.5. The Hall–Kier alpha value is -1.03. The highest BCUT2D eigenvalue weighted by molar-refractivity contribution is 7.80. The Bertz CT molecular complexity index is 402. The van der Waals surface area contributed by atoms with Crippen LogP contribution in [0.2, 0.25) is 0 Å². The summed E-state index contributed by atoms with van der Waals surface area (Å²) in [5.41, 5.74) is 2.02. The van der Waals surface area contributed by atoms with Gasteiger partial charge in [-0.15, -0.1) is 0 Å². The normalized spacial score (nSPS) is 16.9. The third kappa shape index (κ3) is 2.55. The van der Waals surface area contributed by atoms with Gasteiger partial charge in [0.1, 0.15) is 0 Å². The van der Waals surface area contributed by atoms with Crippen LogP contribution < -0.4 is 5.32 Å². The molecule has 0 bridgehead atoms. The van der Waals surface area contributed by atoms with Crippen LogP contribution in [-0.4, -0.2) is 16.6 Å². The smallest absolute Gasteiger partial charge is 0.225 e. The summed E-state index contributed by atoms with van der Waals surface area (Å²) in [5, 5.41) is 2.91. The lowest BCUT2D eigenvalue weighted by molar-refractivity contribution is -0.117. The van der Waals surface area contributed by atoms with Gasteiger partial charge in [0.2, 0.25) is 5.91 Å². The van der Waals surface area contributed by atoms with Gasteiger partial charge in [-0.3, -0.25) is 9.78 Å². The van der Waals surface area contributed by atoms with Crippen LogP contribution in [0.25, 0.3) is 0 Å². The van der Waals surface area contributed by atoms with Crippen LogP contribution >= 0.6 is 12.6 Å². The van der Waals surface area contributed by atoms with Gasteiger partial charge < -0.3 is 5.32 Å². The van der Waals surface area contributed by atoms with Crippen molar-refractivity contribution in [2.45, 2.75) is 26.2 Å². The van der Waals surface area contributed by atoms with Gasteiger partial charge in [-0.1, -0.05) is 0 Å². The number of nitrogens with zero attached hydrogens (tertiary/aromatic N) is 1. The molecule has 1 aromatic heterocycles. The second-order valence-electron chi connectivity index (χ2n) is 4.57. The number of hydrogen-bond donors (Lipinski definition) is 2. The molecule has 4 heteroatoms. The largest absolute Gasteiger partial charge is 0.324 e. The minimum atomic E-state index is 0.0719. The number of thiol groups is 1. The van der Waals surface area contributed by atoms with Crippen LogP contribution in [0.4, 0.5) is 5.69 Å². The van der Waals surface area contributed by atoms with Crippen molar-refractivity contribution in [3.8, 4) is 0 Å². The molecular weight excluding hydrogens is 220 g/mol. The Kier molecular flexibility index (Phi) is 3.19. The van der Waals surface area contributed by atoms with E-state index in [1.54, 1.807) is 12.4 Å². The van der Waals surface area contributed by atoms with E-state index in [-0.39, 0.29) is 11.3 Å². The standard InChI is InChI=1S/C12H16N2OS/c1-9-2-5-13-7-10(9)14-11(15)6-12(8-16)3-4-12/h2,5,7,16H,3-4,6,8H2,1H3,(H,14,15). The van der Waals surface area contributed by atoms with Crippen LogP contribution in [0.15, 0.2) is 18.5 Å². The number of rotatable bonds is 4. The summed E-state index contributed by atoms with van der Waals surface area (Å²) in [4.78, 5) is 15.8. The molecule has 0 saturated heterocycles. The molecule has 1 heterocycles. The van der Waals surface area contributed by atoms with Crippen molar-refractivity contribution in [1.82, 2.24) is 4.98 Å². The molecule has 16 heavy (non-hydrogen) atoms. The maximum absolute atomic E-state index is 11.8. The van der Waals surface area contributed by atoms with Gasteiger partial charge in [0.05, 0.1) is 11.9 Å². The molecule has 0 spiro atoms. The summed E-state index contributed by atoms with van der Waals surface area (Å²) in [5.74, 6) is 0.870. The molecule has 86 valence electrons. The zero-order chi connectivity index (χ0) is 11.6. The van der Waals surface area contributed by atoms with Gasteiger partial charge in [0.25, 0.3) is 0 Å². The number of amides is 1. The summed E-state index contributed by atoms with van der Waals surface area (Å²) >= 11 is 4.29. The highest BCUT2D eigenvalue weighted by Crippen LogP contribution is 2.49. The van der Waals surface area contributed by atoms with Crippen molar-refractivity contribution < 1.29 is 4.79 Å². The van der Waals surface area contributed by atoms with Crippen molar-refractivity contribution >= 4 is 24.2 Å². The van der Waals surface area contributed by atoms with E-state index >= 15 is 0 Å². The van der Waals surface area contributed by atoms with Gasteiger partial charge >= 0.3 is 0 Å². The third-order valence-electron chi connectivity index (χ3n) is 3.14. The van der Waals surface area contributed by atoms with Crippen LogP contribution in [-0.2, 0) is 4.79 Å². The predicted molar refractivity (Wildman–Crippen MR) is 67.7 cm³/mol. The fourth-order valence-electron chi connectivity index (χ4n) is 1.70. The second kappa shape index (κ2) is 4.45. The average molecular weight is 236 g/mol. The third-order valence-corrected chi connectivity index (χ3v) is 3.81. The summed E-state index contributed by atoms with van der Waals surface area (Å²) in [6, 6.07) is 1.89. The number of aryl methyl sites for hydroxylation is 1. The van der Waals surface area contributed by atoms with Crippen LogP contribution in [0.3, 0.4) is 0 Å². The Morgan fingerprint density at radius 1 is 1.62 bits per heavy atom. The Labute approximate surface area is 101 Å². The fraction of sp³-hybridized carbons (Fsp3) is 0.500. The molecule has 0 aromatic carbocycles. The monoisotopic (exact) mass is 236 g/mol. The van der Waals surface area contributed by atoms with E-state index in [0.29, 0.717) is 6.42 Å². The topological polar surface area (TPSA) is 42.0 Å². The second-order valence-corrected chi connectivity index (χ2v) is 4.89. The predicted octanol–water partition coefficient (Wildman–Crippen LogP) is 2.43. The van der Waals surface area contributed by atoms with Crippen LogP contribution in [0, 0.1) is 12.3 Å². The molecular formula is C12H16N2OS. The highest BCUT2D eigenvalue weighted by Gasteiger charge is 2.42. The molecule has 2 rings (SSSR count). The molecule has 1 fully saturated rings. The number of carbonyl (C=O) groups excluding carboxylic acids is 1. The Balaban J connectivity index is 1.95. The van der Waals surface area contributed by atoms with E-state index in [9.17, 15) is 4.79 Å². The molecule has 1 aliphatic rings. The number of carbonyl (C=O) groups is 1. The lowest BCUT2D eigenvalue weighted by Gasteiger charge is -2.12. The summed E-state index contributed by atoms with van der Waals surface area (Å²) in [7, 11) is 0. The number of hydrogen-bond acceptors (Lipinski definition) is 3. The first-order valence-electron chi connectivity index (χ1n) is 5.47. The van der Waals surface area contributed by atoms with Crippen molar-refractivity contribution in [2.75, 3.05) is 11.1 Å². The first-order valence-corrected chi connectivity index (χ1v) is 6.10. The van der Waals surface area contributed by atoms with Gasteiger partial charge in [0, 0.05) is 12.6 Å². The first-order chi connectivity index (χ1) is 7.65. The molecule has 1 amide bonds. The molecule has 1 aliphatic carbocycles. The van der Waals surface area contributed by atoms with Gasteiger partial charge in [-0.05, 0) is 42.6 Å². The van der Waals surface area contributed by atoms with Crippen molar-refractivity contribution in [3.05, 3.63) is 24.0 Å². The van der Waals surface area contributed by atoms with E-state index < -0.39 is 0 Å².